The Morgan fingerprint density at radius 3 is 2.38 bits per heavy atom. The summed E-state index contributed by atoms with van der Waals surface area (Å²) in [7, 11) is 0. The topological polar surface area (TPSA) is 111 Å². The van der Waals surface area contributed by atoms with E-state index < -0.39 is 5.92 Å². The summed E-state index contributed by atoms with van der Waals surface area (Å²) in [5.74, 6) is 1.79. The largest absolute Gasteiger partial charge is 0.486 e. The van der Waals surface area contributed by atoms with Gasteiger partial charge in [-0.25, -0.2) is 0 Å². The Morgan fingerprint density at radius 2 is 1.68 bits per heavy atom. The normalized spacial score (nSPS) is 15.7. The van der Waals surface area contributed by atoms with Crippen LogP contribution < -0.4 is 24.7 Å². The summed E-state index contributed by atoms with van der Waals surface area (Å²) in [5.41, 5.74) is 9.28. The second kappa shape index (κ2) is 8.94. The van der Waals surface area contributed by atoms with Crippen molar-refractivity contribution in [3.8, 4) is 35.1 Å². The molecule has 0 bridgehead atoms. The smallest absolute Gasteiger partial charge is 0.231 e. The zero-order valence-electron chi connectivity index (χ0n) is 17.5. The average molecular weight is 581 g/mol. The molecule has 5 rings (SSSR count). The number of ether oxygens (including phenoxy) is 4. The molecule has 2 heterocycles. The van der Waals surface area contributed by atoms with E-state index in [0.717, 1.165) is 16.7 Å². The lowest BCUT2D eigenvalue weighted by Crippen LogP contribution is -2.21. The predicted octanol–water partition coefficient (Wildman–Crippen LogP) is 5.61. The molecular formula is C25H15Br2N3O4. The predicted molar refractivity (Wildman–Crippen MR) is 129 cm³/mol. The monoisotopic (exact) mass is 579 g/mol. The van der Waals surface area contributed by atoms with Crippen molar-refractivity contribution in [1.29, 1.82) is 10.5 Å². The van der Waals surface area contributed by atoms with Crippen LogP contribution in [0.1, 0.15) is 28.2 Å². The number of fused-ring (bicyclic) bond motifs is 2. The molecule has 2 aliphatic heterocycles. The van der Waals surface area contributed by atoms with Gasteiger partial charge in [-0.05, 0) is 61.7 Å². The molecule has 2 N–H and O–H groups in total. The standard InChI is InChI=1S/C25H15Br2N3O4/c26-18-5-15(6-19(27)24(18)31-11-14-4-2-1-3-13(14)9-28)23-16-7-21-22(33-12-32-21)8-20(16)34-25(30)17(23)10-29/h1-8,23H,11-12,30H2/t23-/m0/s1. The number of nitrogens with zero attached hydrogens (tertiary/aromatic N) is 2. The maximum Gasteiger partial charge on any atom is 0.231 e. The van der Waals surface area contributed by atoms with Crippen molar-refractivity contribution in [1.82, 2.24) is 0 Å². The fraction of sp³-hybridized carbons (Fsp3) is 0.120. The summed E-state index contributed by atoms with van der Waals surface area (Å²) < 4.78 is 24.1. The van der Waals surface area contributed by atoms with Gasteiger partial charge in [-0.1, -0.05) is 18.2 Å². The molecule has 2 aliphatic rings. The average Bonchev–Trinajstić information content (AvgIpc) is 3.28. The van der Waals surface area contributed by atoms with Crippen LogP contribution in [-0.2, 0) is 6.61 Å². The van der Waals surface area contributed by atoms with E-state index in [4.69, 9.17) is 24.7 Å². The number of halogens is 2. The number of allylic oxidation sites excluding steroid dienone is 1. The van der Waals surface area contributed by atoms with Crippen molar-refractivity contribution in [2.45, 2.75) is 12.5 Å². The van der Waals surface area contributed by atoms with Gasteiger partial charge < -0.3 is 24.7 Å². The van der Waals surface area contributed by atoms with Crippen LogP contribution in [0.25, 0.3) is 0 Å². The van der Waals surface area contributed by atoms with E-state index >= 15 is 0 Å². The van der Waals surface area contributed by atoms with Gasteiger partial charge in [0.05, 0.1) is 26.5 Å². The van der Waals surface area contributed by atoms with Gasteiger partial charge in [0, 0.05) is 17.2 Å². The SMILES string of the molecule is N#CC1=C(N)Oc2cc3c(cc2[C@@H]1c1cc(Br)c(OCc2ccccc2C#N)c(Br)c1)OCO3. The number of hydrogen-bond donors (Lipinski definition) is 1. The zero-order valence-corrected chi connectivity index (χ0v) is 20.6. The molecule has 0 amide bonds. The van der Waals surface area contributed by atoms with Gasteiger partial charge in [-0.15, -0.1) is 0 Å². The molecule has 0 aromatic heterocycles. The first-order valence-electron chi connectivity index (χ1n) is 10.1. The molecule has 0 fully saturated rings. The molecule has 0 radical (unpaired) electrons. The molecule has 0 unspecified atom stereocenters. The van der Waals surface area contributed by atoms with Gasteiger partial charge in [0.1, 0.15) is 29.7 Å². The van der Waals surface area contributed by atoms with Crippen molar-refractivity contribution < 1.29 is 18.9 Å². The minimum atomic E-state index is -0.482. The van der Waals surface area contributed by atoms with E-state index in [2.05, 4.69) is 44.0 Å². The van der Waals surface area contributed by atoms with Crippen molar-refractivity contribution >= 4 is 31.9 Å². The third-order valence-electron chi connectivity index (χ3n) is 5.57. The first-order chi connectivity index (χ1) is 16.5. The highest BCUT2D eigenvalue weighted by atomic mass is 79.9. The Kier molecular flexibility index (Phi) is 5.82. The number of benzene rings is 3. The van der Waals surface area contributed by atoms with Crippen molar-refractivity contribution in [2.75, 3.05) is 6.79 Å². The second-order valence-electron chi connectivity index (χ2n) is 7.54. The van der Waals surface area contributed by atoms with Crippen molar-refractivity contribution in [3.63, 3.8) is 0 Å². The maximum atomic E-state index is 9.87. The van der Waals surface area contributed by atoms with Gasteiger partial charge in [0.15, 0.2) is 11.5 Å². The van der Waals surface area contributed by atoms with E-state index in [1.54, 1.807) is 12.1 Å². The van der Waals surface area contributed by atoms with Crippen LogP contribution in [0.15, 0.2) is 68.9 Å². The van der Waals surface area contributed by atoms with Crippen molar-refractivity contribution in [3.05, 3.63) is 91.2 Å². The van der Waals surface area contributed by atoms with E-state index in [0.29, 0.717) is 43.1 Å². The van der Waals surface area contributed by atoms with Crippen LogP contribution in [0.3, 0.4) is 0 Å². The summed E-state index contributed by atoms with van der Waals surface area (Å²) in [6.07, 6.45) is 0. The minimum Gasteiger partial charge on any atom is -0.486 e. The summed E-state index contributed by atoms with van der Waals surface area (Å²) in [5, 5.41) is 19.2. The molecule has 0 saturated carbocycles. The molecule has 3 aromatic carbocycles. The van der Waals surface area contributed by atoms with E-state index in [9.17, 15) is 10.5 Å². The number of nitrogens with two attached hydrogens (primary N) is 1. The molecule has 0 saturated heterocycles. The van der Waals surface area contributed by atoms with Crippen LogP contribution in [0.2, 0.25) is 0 Å². The molecule has 0 aliphatic carbocycles. The fourth-order valence-corrected chi connectivity index (χ4v) is 5.43. The summed E-state index contributed by atoms with van der Waals surface area (Å²) in [4.78, 5) is 0. The van der Waals surface area contributed by atoms with E-state index in [1.807, 2.05) is 36.4 Å². The Morgan fingerprint density at radius 1 is 0.971 bits per heavy atom. The quantitative estimate of drug-likeness (QED) is 0.427. The van der Waals surface area contributed by atoms with E-state index in [-0.39, 0.29) is 19.3 Å². The van der Waals surface area contributed by atoms with E-state index in [1.165, 1.54) is 0 Å². The van der Waals surface area contributed by atoms with Crippen LogP contribution in [0, 0.1) is 22.7 Å². The van der Waals surface area contributed by atoms with Crippen LogP contribution >= 0.6 is 31.9 Å². The molecule has 9 heteroatoms. The Hall–Kier alpha value is -3.66. The van der Waals surface area contributed by atoms with Gasteiger partial charge in [0.2, 0.25) is 12.7 Å². The maximum absolute atomic E-state index is 9.87. The highest BCUT2D eigenvalue weighted by molar-refractivity contribution is 9.11. The van der Waals surface area contributed by atoms with Crippen LogP contribution in [0.4, 0.5) is 0 Å². The minimum absolute atomic E-state index is 0.0412. The summed E-state index contributed by atoms with van der Waals surface area (Å²) >= 11 is 7.19. The van der Waals surface area contributed by atoms with Gasteiger partial charge in [-0.3, -0.25) is 0 Å². The van der Waals surface area contributed by atoms with Gasteiger partial charge in [-0.2, -0.15) is 10.5 Å². The lowest BCUT2D eigenvalue weighted by molar-refractivity contribution is 0.174. The highest BCUT2D eigenvalue weighted by Crippen LogP contribution is 2.49. The zero-order chi connectivity index (χ0) is 23.8. The fourth-order valence-electron chi connectivity index (χ4n) is 3.98. The van der Waals surface area contributed by atoms with Gasteiger partial charge in [0.25, 0.3) is 0 Å². The molecule has 3 aromatic rings. The third-order valence-corrected chi connectivity index (χ3v) is 6.75. The molecule has 34 heavy (non-hydrogen) atoms. The summed E-state index contributed by atoms with van der Waals surface area (Å²) in [6.45, 7) is 0.342. The number of nitriles is 2. The Bertz CT molecular complexity index is 1420. The molecular weight excluding hydrogens is 566 g/mol. The second-order valence-corrected chi connectivity index (χ2v) is 9.25. The third kappa shape index (κ3) is 3.83. The first-order valence-corrected chi connectivity index (χ1v) is 11.7. The molecule has 1 atom stereocenters. The van der Waals surface area contributed by atoms with Crippen LogP contribution in [-0.4, -0.2) is 6.79 Å². The number of rotatable bonds is 4. The lowest BCUT2D eigenvalue weighted by Gasteiger charge is -2.27. The molecule has 7 nitrogen and oxygen atoms in total. The van der Waals surface area contributed by atoms with Crippen molar-refractivity contribution in [2.24, 2.45) is 5.73 Å². The first kappa shape index (κ1) is 22.1. The van der Waals surface area contributed by atoms with Crippen LogP contribution in [0.5, 0.6) is 23.0 Å². The summed E-state index contributed by atoms with van der Waals surface area (Å²) in [6, 6.07) is 18.9. The Labute approximate surface area is 212 Å². The lowest BCUT2D eigenvalue weighted by atomic mass is 9.83. The molecule has 0 spiro atoms. The highest BCUT2D eigenvalue weighted by Gasteiger charge is 2.34. The van der Waals surface area contributed by atoms with Gasteiger partial charge >= 0.3 is 0 Å². The Balaban J connectivity index is 1.53. The molecule has 168 valence electrons. The number of hydrogen-bond acceptors (Lipinski definition) is 7.